The van der Waals surface area contributed by atoms with Gasteiger partial charge >= 0.3 is 11.7 Å². The van der Waals surface area contributed by atoms with Gasteiger partial charge in [-0.1, -0.05) is 6.92 Å². The van der Waals surface area contributed by atoms with Crippen molar-refractivity contribution in [3.63, 3.8) is 0 Å². The van der Waals surface area contributed by atoms with E-state index < -0.39 is 38.1 Å². The largest absolute Gasteiger partial charge is 0.469 e. The van der Waals surface area contributed by atoms with Gasteiger partial charge in [0.25, 0.3) is 5.56 Å². The average molecular weight is 305 g/mol. The second-order valence-electron chi connectivity index (χ2n) is 4.15. The molecule has 0 fully saturated rings. The van der Waals surface area contributed by atoms with E-state index in [4.69, 9.17) is 0 Å². The summed E-state index contributed by atoms with van der Waals surface area (Å²) >= 11 is 0. The summed E-state index contributed by atoms with van der Waals surface area (Å²) in [7, 11) is -1.70. The summed E-state index contributed by atoms with van der Waals surface area (Å²) in [6.07, 6.45) is 0.815. The number of hydrogen-bond donors (Lipinski definition) is 2. The van der Waals surface area contributed by atoms with E-state index in [1.54, 1.807) is 0 Å². The molecule has 1 aromatic heterocycles. The number of carbonyl (C=O) groups excluding carboxylic acids is 1. The zero-order valence-corrected chi connectivity index (χ0v) is 12.0. The van der Waals surface area contributed by atoms with Crippen molar-refractivity contribution in [3.8, 4) is 0 Å². The number of esters is 1. The topological polar surface area (TPSA) is 129 Å². The van der Waals surface area contributed by atoms with Crippen LogP contribution in [0.4, 0.5) is 0 Å². The number of aromatic nitrogens is 2. The van der Waals surface area contributed by atoms with E-state index in [1.807, 2.05) is 4.98 Å². The molecule has 0 aromatic carbocycles. The molecule has 0 saturated heterocycles. The summed E-state index contributed by atoms with van der Waals surface area (Å²) in [5, 5.41) is 0. The Labute approximate surface area is 114 Å². The fourth-order valence-electron chi connectivity index (χ4n) is 1.52. The number of hydrogen-bond acceptors (Lipinski definition) is 6. The maximum absolute atomic E-state index is 12.1. The molecular formula is C10H15N3O6S. The van der Waals surface area contributed by atoms with Crippen LogP contribution < -0.4 is 11.2 Å². The van der Waals surface area contributed by atoms with E-state index in [-0.39, 0.29) is 6.54 Å². The number of rotatable bonds is 5. The molecule has 1 aromatic rings. The van der Waals surface area contributed by atoms with Crippen molar-refractivity contribution in [2.75, 3.05) is 20.7 Å². The maximum atomic E-state index is 12.1. The molecule has 1 atom stereocenters. The van der Waals surface area contributed by atoms with Gasteiger partial charge in [0.05, 0.1) is 13.0 Å². The van der Waals surface area contributed by atoms with E-state index in [0.717, 1.165) is 10.5 Å². The van der Waals surface area contributed by atoms with Gasteiger partial charge in [-0.15, -0.1) is 0 Å². The normalized spacial score (nSPS) is 13.2. The lowest BCUT2D eigenvalue weighted by Gasteiger charge is -2.19. The number of H-pyrrole nitrogens is 2. The highest BCUT2D eigenvalue weighted by atomic mass is 32.2. The summed E-state index contributed by atoms with van der Waals surface area (Å²) in [5.74, 6) is -1.26. The molecule has 0 aliphatic rings. The minimum atomic E-state index is -4.11. The predicted octanol–water partition coefficient (Wildman–Crippen LogP) is -1.51. The first-order valence-electron chi connectivity index (χ1n) is 5.56. The summed E-state index contributed by atoms with van der Waals surface area (Å²) in [6, 6.07) is 0. The summed E-state index contributed by atoms with van der Waals surface area (Å²) in [4.78, 5) is 36.9. The van der Waals surface area contributed by atoms with Crippen LogP contribution in [-0.2, 0) is 19.6 Å². The SMILES string of the molecule is COC(=O)C(C)CN(C)S(=O)(=O)c1c[nH]c(=O)[nH]c1=O. The molecule has 0 saturated carbocycles. The molecule has 9 nitrogen and oxygen atoms in total. The second-order valence-corrected chi connectivity index (χ2v) is 6.16. The highest BCUT2D eigenvalue weighted by Crippen LogP contribution is 2.11. The molecule has 2 N–H and O–H groups in total. The lowest BCUT2D eigenvalue weighted by Crippen LogP contribution is -2.38. The molecule has 1 rings (SSSR count). The Balaban J connectivity index is 3.07. The van der Waals surface area contributed by atoms with Crippen LogP contribution in [0.15, 0.2) is 20.7 Å². The van der Waals surface area contributed by atoms with Gasteiger partial charge in [0.1, 0.15) is 0 Å². The highest BCUT2D eigenvalue weighted by molar-refractivity contribution is 7.89. The predicted molar refractivity (Wildman–Crippen MR) is 68.7 cm³/mol. The Kier molecular flexibility index (Phi) is 4.84. The highest BCUT2D eigenvalue weighted by Gasteiger charge is 2.27. The van der Waals surface area contributed by atoms with Crippen molar-refractivity contribution in [3.05, 3.63) is 27.0 Å². The first-order valence-corrected chi connectivity index (χ1v) is 7.00. The fourth-order valence-corrected chi connectivity index (χ4v) is 2.77. The second kappa shape index (κ2) is 6.01. The van der Waals surface area contributed by atoms with Crippen molar-refractivity contribution >= 4 is 16.0 Å². The Bertz CT molecular complexity index is 704. The van der Waals surface area contributed by atoms with Gasteiger partial charge in [0.15, 0.2) is 4.90 Å². The van der Waals surface area contributed by atoms with Crippen molar-refractivity contribution in [1.29, 1.82) is 0 Å². The third kappa shape index (κ3) is 3.33. The van der Waals surface area contributed by atoms with Crippen LogP contribution in [0, 0.1) is 5.92 Å². The summed E-state index contributed by atoms with van der Waals surface area (Å²) in [5.41, 5.74) is -1.83. The molecule has 0 aliphatic carbocycles. The first-order chi connectivity index (χ1) is 9.20. The number of methoxy groups -OCH3 is 1. The molecule has 112 valence electrons. The van der Waals surface area contributed by atoms with Gasteiger partial charge in [0.2, 0.25) is 10.0 Å². The molecule has 0 spiro atoms. The molecule has 0 bridgehead atoms. The standard InChI is InChI=1S/C10H15N3O6S/c1-6(9(15)19-3)5-13(2)20(17,18)7-4-11-10(16)12-8(7)14/h4,6H,5H2,1-3H3,(H2,11,12,14,16). The number of nitrogens with one attached hydrogen (secondary N) is 2. The molecule has 0 radical (unpaired) electrons. The minimum absolute atomic E-state index is 0.159. The van der Waals surface area contributed by atoms with Crippen molar-refractivity contribution in [1.82, 2.24) is 14.3 Å². The van der Waals surface area contributed by atoms with E-state index in [2.05, 4.69) is 9.72 Å². The van der Waals surface area contributed by atoms with E-state index in [1.165, 1.54) is 21.1 Å². The molecule has 10 heteroatoms. The van der Waals surface area contributed by atoms with Crippen LogP contribution in [0.2, 0.25) is 0 Å². The van der Waals surface area contributed by atoms with E-state index in [0.29, 0.717) is 0 Å². The number of nitrogens with zero attached hydrogens (tertiary/aromatic N) is 1. The lowest BCUT2D eigenvalue weighted by atomic mass is 10.2. The van der Waals surface area contributed by atoms with Gasteiger partial charge in [-0.25, -0.2) is 13.2 Å². The maximum Gasteiger partial charge on any atom is 0.325 e. The van der Waals surface area contributed by atoms with Gasteiger partial charge < -0.3 is 9.72 Å². The number of carbonyl (C=O) groups is 1. The van der Waals surface area contributed by atoms with Crippen molar-refractivity contribution in [2.24, 2.45) is 5.92 Å². The van der Waals surface area contributed by atoms with Gasteiger partial charge in [-0.2, -0.15) is 4.31 Å². The molecule has 0 amide bonds. The van der Waals surface area contributed by atoms with Crippen molar-refractivity contribution < 1.29 is 17.9 Å². The fraction of sp³-hybridized carbons (Fsp3) is 0.500. The van der Waals surface area contributed by atoms with Gasteiger partial charge in [-0.05, 0) is 0 Å². The average Bonchev–Trinajstić information content (AvgIpc) is 2.36. The lowest BCUT2D eigenvalue weighted by molar-refractivity contribution is -0.144. The zero-order chi connectivity index (χ0) is 15.5. The Morgan fingerprint density at radius 2 is 2.05 bits per heavy atom. The molecule has 1 heterocycles. The van der Waals surface area contributed by atoms with Crippen LogP contribution in [-0.4, -0.2) is 49.4 Å². The zero-order valence-electron chi connectivity index (χ0n) is 11.2. The van der Waals surface area contributed by atoms with E-state index >= 15 is 0 Å². The van der Waals surface area contributed by atoms with Crippen LogP contribution >= 0.6 is 0 Å². The minimum Gasteiger partial charge on any atom is -0.469 e. The summed E-state index contributed by atoms with van der Waals surface area (Å²) in [6.45, 7) is 1.34. The van der Waals surface area contributed by atoms with E-state index in [9.17, 15) is 22.8 Å². The van der Waals surface area contributed by atoms with Crippen LogP contribution in [0.5, 0.6) is 0 Å². The van der Waals surface area contributed by atoms with Gasteiger partial charge in [-0.3, -0.25) is 14.6 Å². The molecule has 20 heavy (non-hydrogen) atoms. The molecular weight excluding hydrogens is 290 g/mol. The number of ether oxygens (including phenoxy) is 1. The van der Waals surface area contributed by atoms with Crippen molar-refractivity contribution in [2.45, 2.75) is 11.8 Å². The smallest absolute Gasteiger partial charge is 0.325 e. The number of sulfonamides is 1. The van der Waals surface area contributed by atoms with Gasteiger partial charge in [0, 0.05) is 19.8 Å². The molecule has 0 aliphatic heterocycles. The Morgan fingerprint density at radius 1 is 1.45 bits per heavy atom. The van der Waals surface area contributed by atoms with Crippen LogP contribution in [0.25, 0.3) is 0 Å². The third-order valence-electron chi connectivity index (χ3n) is 2.61. The quantitative estimate of drug-likeness (QED) is 0.636. The summed E-state index contributed by atoms with van der Waals surface area (Å²) < 4.78 is 29.6. The Hall–Kier alpha value is -1.94. The third-order valence-corrected chi connectivity index (χ3v) is 4.44. The number of aromatic amines is 2. The monoisotopic (exact) mass is 305 g/mol. The van der Waals surface area contributed by atoms with Crippen LogP contribution in [0.1, 0.15) is 6.92 Å². The molecule has 1 unspecified atom stereocenters. The first kappa shape index (κ1) is 16.1. The van der Waals surface area contributed by atoms with Crippen LogP contribution in [0.3, 0.4) is 0 Å². The Morgan fingerprint density at radius 3 is 2.55 bits per heavy atom.